The number of nitrogens with one attached hydrogen (secondary N) is 2. The van der Waals surface area contributed by atoms with Gasteiger partial charge in [-0.2, -0.15) is 0 Å². The first-order valence-electron chi connectivity index (χ1n) is 7.03. The van der Waals surface area contributed by atoms with Crippen LogP contribution in [0.1, 0.15) is 34.1 Å². The van der Waals surface area contributed by atoms with E-state index in [1.54, 1.807) is 27.7 Å². The molecule has 0 saturated heterocycles. The van der Waals surface area contributed by atoms with E-state index in [2.05, 4.69) is 15.5 Å². The molecule has 0 saturated carbocycles. The summed E-state index contributed by atoms with van der Waals surface area (Å²) in [5.74, 6) is -0.650. The molecule has 1 atom stereocenters. The first-order chi connectivity index (χ1) is 10.1. The van der Waals surface area contributed by atoms with Gasteiger partial charge in [-0.3, -0.25) is 9.59 Å². The minimum absolute atomic E-state index is 0.0280. The number of ketones is 1. The molecule has 2 N–H and O–H groups in total. The topological polar surface area (TPSA) is 111 Å². The van der Waals surface area contributed by atoms with Crippen LogP contribution < -0.4 is 10.6 Å². The Balaban J connectivity index is 4.61. The van der Waals surface area contributed by atoms with Crippen LogP contribution in [0, 0.1) is 22.0 Å². The van der Waals surface area contributed by atoms with Crippen LogP contribution >= 0.6 is 12.2 Å². The lowest BCUT2D eigenvalue weighted by molar-refractivity contribution is -0.757. The quantitative estimate of drug-likeness (QED) is 0.264. The second kappa shape index (κ2) is 10.0. The van der Waals surface area contributed by atoms with E-state index >= 15 is 0 Å². The van der Waals surface area contributed by atoms with Crippen molar-refractivity contribution in [1.82, 2.24) is 10.6 Å². The lowest BCUT2D eigenvalue weighted by atomic mass is 10.0. The molecule has 1 amide bonds. The Morgan fingerprint density at radius 1 is 1.23 bits per heavy atom. The summed E-state index contributed by atoms with van der Waals surface area (Å²) in [5, 5.41) is 14.6. The van der Waals surface area contributed by atoms with Gasteiger partial charge in [0.2, 0.25) is 5.91 Å². The molecule has 0 spiro atoms. The van der Waals surface area contributed by atoms with Crippen LogP contribution in [-0.2, 0) is 14.4 Å². The monoisotopic (exact) mass is 333 g/mol. The molecule has 0 aromatic heterocycles. The molecule has 0 aliphatic heterocycles. The van der Waals surface area contributed by atoms with Gasteiger partial charge in [0, 0.05) is 24.8 Å². The number of rotatable bonds is 10. The maximum atomic E-state index is 11.9. The van der Waals surface area contributed by atoms with Crippen molar-refractivity contribution in [3.63, 3.8) is 0 Å². The molecular weight excluding hydrogens is 310 g/mol. The van der Waals surface area contributed by atoms with Crippen LogP contribution in [0.15, 0.2) is 0 Å². The average Bonchev–Trinajstić information content (AvgIpc) is 2.41. The predicted octanol–water partition coefficient (Wildman–Crippen LogP) is 0.868. The Morgan fingerprint density at radius 2 is 1.82 bits per heavy atom. The zero-order valence-electron chi connectivity index (χ0n) is 13.3. The summed E-state index contributed by atoms with van der Waals surface area (Å²) in [6.07, 6.45) is 0.0814. The van der Waals surface area contributed by atoms with Crippen LogP contribution in [0.3, 0.4) is 0 Å². The summed E-state index contributed by atoms with van der Waals surface area (Å²) in [5.41, 5.74) is 0. The standard InChI is InChI=1S/C13H23N3O5S/c1-8(2)11(17)7-10(15-12(18)9(3)4)13(22)14-5-6-21-16(19)20/h8-10H,5-7H2,1-4H3,(H,14,22)(H,15,18)/t10-/m1/s1. The van der Waals surface area contributed by atoms with Crippen LogP contribution in [0.4, 0.5) is 0 Å². The molecule has 0 unspecified atom stereocenters. The van der Waals surface area contributed by atoms with E-state index in [1.807, 2.05) is 0 Å². The third kappa shape index (κ3) is 8.50. The highest BCUT2D eigenvalue weighted by Gasteiger charge is 2.23. The molecule has 9 heteroatoms. The SMILES string of the molecule is CC(C)C(=O)C[C@@H](NC(=O)C(C)C)C(=S)NCCO[N+](=O)[O-]. The number of nitrogens with zero attached hydrogens (tertiary/aromatic N) is 1. The molecule has 0 aromatic rings. The van der Waals surface area contributed by atoms with Crippen molar-refractivity contribution in [3.8, 4) is 0 Å². The van der Waals surface area contributed by atoms with Gasteiger partial charge in [0.25, 0.3) is 5.09 Å². The van der Waals surface area contributed by atoms with Gasteiger partial charge >= 0.3 is 0 Å². The largest absolute Gasteiger partial charge is 0.376 e. The first kappa shape index (κ1) is 20.2. The van der Waals surface area contributed by atoms with Crippen molar-refractivity contribution in [2.24, 2.45) is 11.8 Å². The maximum Gasteiger partial charge on any atom is 0.294 e. The van der Waals surface area contributed by atoms with E-state index in [0.717, 1.165) is 0 Å². The van der Waals surface area contributed by atoms with Gasteiger partial charge in [-0.05, 0) is 0 Å². The minimum Gasteiger partial charge on any atom is -0.376 e. The smallest absolute Gasteiger partial charge is 0.294 e. The molecular formula is C13H23N3O5S. The number of carbonyl (C=O) groups excluding carboxylic acids is 2. The van der Waals surface area contributed by atoms with E-state index in [-0.39, 0.29) is 48.1 Å². The highest BCUT2D eigenvalue weighted by atomic mass is 32.1. The maximum absolute atomic E-state index is 11.9. The molecule has 0 aromatic carbocycles. The number of thiocarbonyl (C=S) groups is 1. The second-order valence-electron chi connectivity index (χ2n) is 5.39. The molecule has 8 nitrogen and oxygen atoms in total. The third-order valence-electron chi connectivity index (χ3n) is 2.80. The zero-order chi connectivity index (χ0) is 17.3. The van der Waals surface area contributed by atoms with Gasteiger partial charge < -0.3 is 15.5 Å². The average molecular weight is 333 g/mol. The van der Waals surface area contributed by atoms with Gasteiger partial charge in [-0.25, -0.2) is 0 Å². The van der Waals surface area contributed by atoms with E-state index in [9.17, 15) is 19.7 Å². The molecule has 22 heavy (non-hydrogen) atoms. The number of hydrogen-bond donors (Lipinski definition) is 2. The number of carbonyl (C=O) groups is 2. The van der Waals surface area contributed by atoms with Gasteiger partial charge in [-0.15, -0.1) is 10.1 Å². The Labute approximate surface area is 135 Å². The van der Waals surface area contributed by atoms with Crippen molar-refractivity contribution in [2.75, 3.05) is 13.2 Å². The fourth-order valence-electron chi connectivity index (χ4n) is 1.40. The van der Waals surface area contributed by atoms with E-state index in [1.165, 1.54) is 0 Å². The predicted molar refractivity (Wildman–Crippen MR) is 84.8 cm³/mol. The normalized spacial score (nSPS) is 11.9. The van der Waals surface area contributed by atoms with Crippen molar-refractivity contribution >= 4 is 28.9 Å². The summed E-state index contributed by atoms with van der Waals surface area (Å²) >= 11 is 5.16. The van der Waals surface area contributed by atoms with Crippen LogP contribution in [-0.4, -0.2) is 41.0 Å². The van der Waals surface area contributed by atoms with Crippen molar-refractivity contribution in [2.45, 2.75) is 40.2 Å². The molecule has 0 heterocycles. The summed E-state index contributed by atoms with van der Waals surface area (Å²) in [7, 11) is 0. The molecule has 126 valence electrons. The van der Waals surface area contributed by atoms with Crippen LogP contribution in [0.25, 0.3) is 0 Å². The van der Waals surface area contributed by atoms with Crippen molar-refractivity contribution < 1.29 is 19.5 Å². The molecule has 0 fully saturated rings. The van der Waals surface area contributed by atoms with Crippen molar-refractivity contribution in [3.05, 3.63) is 10.1 Å². The fraction of sp³-hybridized carbons (Fsp3) is 0.769. The number of hydrogen-bond acceptors (Lipinski definition) is 6. The Bertz CT molecular complexity index is 404. The highest BCUT2D eigenvalue weighted by Crippen LogP contribution is 2.05. The van der Waals surface area contributed by atoms with E-state index in [0.29, 0.717) is 0 Å². The summed E-state index contributed by atoms with van der Waals surface area (Å²) in [6, 6.07) is -0.629. The molecule has 0 bridgehead atoms. The Hall–Kier alpha value is -1.77. The molecule has 0 aliphatic carbocycles. The summed E-state index contributed by atoms with van der Waals surface area (Å²) in [6.45, 7) is 6.95. The lowest BCUT2D eigenvalue weighted by Crippen LogP contribution is -2.49. The summed E-state index contributed by atoms with van der Waals surface area (Å²) in [4.78, 5) is 38.1. The molecule has 0 rings (SSSR count). The Morgan fingerprint density at radius 3 is 2.27 bits per heavy atom. The first-order valence-corrected chi connectivity index (χ1v) is 7.44. The lowest BCUT2D eigenvalue weighted by Gasteiger charge is -2.22. The van der Waals surface area contributed by atoms with E-state index in [4.69, 9.17) is 12.2 Å². The van der Waals surface area contributed by atoms with Crippen LogP contribution in [0.2, 0.25) is 0 Å². The van der Waals surface area contributed by atoms with E-state index < -0.39 is 11.1 Å². The molecule has 0 aliphatic rings. The zero-order valence-corrected chi connectivity index (χ0v) is 14.1. The number of amides is 1. The summed E-state index contributed by atoms with van der Waals surface area (Å²) < 4.78 is 0. The number of Topliss-reactive ketones (excluding diaryl/α,β-unsaturated/α-hetero) is 1. The van der Waals surface area contributed by atoms with Gasteiger partial charge in [0.1, 0.15) is 12.4 Å². The minimum atomic E-state index is -0.898. The van der Waals surface area contributed by atoms with Gasteiger partial charge in [0.05, 0.1) is 11.0 Å². The highest BCUT2D eigenvalue weighted by molar-refractivity contribution is 7.80. The van der Waals surface area contributed by atoms with Crippen LogP contribution in [0.5, 0.6) is 0 Å². The molecule has 0 radical (unpaired) electrons. The fourth-order valence-corrected chi connectivity index (χ4v) is 1.65. The Kier molecular flexibility index (Phi) is 9.23. The van der Waals surface area contributed by atoms with Crippen molar-refractivity contribution in [1.29, 1.82) is 0 Å². The van der Waals surface area contributed by atoms with Gasteiger partial charge in [-0.1, -0.05) is 39.9 Å². The van der Waals surface area contributed by atoms with Gasteiger partial charge in [0.15, 0.2) is 0 Å². The second-order valence-corrected chi connectivity index (χ2v) is 5.83. The third-order valence-corrected chi connectivity index (χ3v) is 3.23.